The van der Waals surface area contributed by atoms with E-state index in [1.54, 1.807) is 18.3 Å². The van der Waals surface area contributed by atoms with Gasteiger partial charge in [-0.3, -0.25) is 9.69 Å². The first-order chi connectivity index (χ1) is 7.97. The van der Waals surface area contributed by atoms with Gasteiger partial charge in [-0.25, -0.2) is 4.98 Å². The van der Waals surface area contributed by atoms with E-state index in [4.69, 9.17) is 5.11 Å². The fraction of sp³-hybridized carbons (Fsp3) is 0.667. The third-order valence-corrected chi connectivity index (χ3v) is 4.51. The molecule has 1 aromatic heterocycles. The standard InChI is InChI=1S/C12H18N2O2S/c1-7(12(15)16)10-4-14(5-10)6-11-8(2)13-9(3)17-11/h7,10H,4-6H2,1-3H3,(H,15,16). The van der Waals surface area contributed by atoms with Crippen LogP contribution in [0.3, 0.4) is 0 Å². The van der Waals surface area contributed by atoms with Crippen molar-refractivity contribution in [1.29, 1.82) is 0 Å². The third-order valence-electron chi connectivity index (χ3n) is 3.45. The lowest BCUT2D eigenvalue weighted by Gasteiger charge is -2.41. The summed E-state index contributed by atoms with van der Waals surface area (Å²) in [6.45, 7) is 8.56. The molecule has 1 saturated heterocycles. The largest absolute Gasteiger partial charge is 0.481 e. The maximum Gasteiger partial charge on any atom is 0.306 e. The lowest BCUT2D eigenvalue weighted by atomic mass is 9.87. The summed E-state index contributed by atoms with van der Waals surface area (Å²) >= 11 is 1.74. The lowest BCUT2D eigenvalue weighted by molar-refractivity contribution is -0.145. The second-order valence-electron chi connectivity index (χ2n) is 4.82. The highest BCUT2D eigenvalue weighted by Gasteiger charge is 2.34. The Balaban J connectivity index is 1.85. The van der Waals surface area contributed by atoms with Crippen LogP contribution < -0.4 is 0 Å². The van der Waals surface area contributed by atoms with Crippen LogP contribution in [-0.2, 0) is 11.3 Å². The molecule has 1 N–H and O–H groups in total. The first-order valence-electron chi connectivity index (χ1n) is 5.85. The summed E-state index contributed by atoms with van der Waals surface area (Å²) in [5.74, 6) is -0.600. The summed E-state index contributed by atoms with van der Waals surface area (Å²) in [4.78, 5) is 18.8. The number of hydrogen-bond donors (Lipinski definition) is 1. The van der Waals surface area contributed by atoms with Crippen LogP contribution in [0.15, 0.2) is 0 Å². The van der Waals surface area contributed by atoms with Gasteiger partial charge in [0, 0.05) is 24.5 Å². The van der Waals surface area contributed by atoms with Gasteiger partial charge in [0.15, 0.2) is 0 Å². The van der Waals surface area contributed by atoms with Crippen LogP contribution in [0, 0.1) is 25.7 Å². The number of hydrogen-bond acceptors (Lipinski definition) is 4. The molecule has 5 heteroatoms. The van der Waals surface area contributed by atoms with Gasteiger partial charge >= 0.3 is 5.97 Å². The van der Waals surface area contributed by atoms with Crippen LogP contribution in [-0.4, -0.2) is 34.0 Å². The molecular formula is C12H18N2O2S. The highest BCUT2D eigenvalue weighted by molar-refractivity contribution is 7.11. The Morgan fingerprint density at radius 3 is 2.71 bits per heavy atom. The number of carboxylic acid groups (broad SMARTS) is 1. The van der Waals surface area contributed by atoms with Crippen LogP contribution in [0.5, 0.6) is 0 Å². The van der Waals surface area contributed by atoms with Gasteiger partial charge in [0.1, 0.15) is 0 Å². The van der Waals surface area contributed by atoms with Crippen molar-refractivity contribution < 1.29 is 9.90 Å². The summed E-state index contributed by atoms with van der Waals surface area (Å²) in [5, 5.41) is 10.0. The van der Waals surface area contributed by atoms with Crippen molar-refractivity contribution in [2.24, 2.45) is 11.8 Å². The number of likely N-dealkylation sites (tertiary alicyclic amines) is 1. The summed E-state index contributed by atoms with van der Waals surface area (Å²) in [7, 11) is 0. The van der Waals surface area contributed by atoms with E-state index >= 15 is 0 Å². The Hall–Kier alpha value is -0.940. The first kappa shape index (κ1) is 12.5. The minimum atomic E-state index is -0.681. The average Bonchev–Trinajstić information content (AvgIpc) is 2.49. The maximum atomic E-state index is 10.8. The van der Waals surface area contributed by atoms with Crippen LogP contribution in [0.1, 0.15) is 22.5 Å². The Labute approximate surface area is 105 Å². The van der Waals surface area contributed by atoms with Gasteiger partial charge in [-0.1, -0.05) is 6.92 Å². The van der Waals surface area contributed by atoms with Crippen LogP contribution >= 0.6 is 11.3 Å². The third kappa shape index (κ3) is 2.66. The van der Waals surface area contributed by atoms with E-state index in [0.717, 1.165) is 30.3 Å². The summed E-state index contributed by atoms with van der Waals surface area (Å²) in [6.07, 6.45) is 0. The molecule has 1 atom stereocenters. The molecule has 0 saturated carbocycles. The molecule has 0 aliphatic carbocycles. The fourth-order valence-electron chi connectivity index (χ4n) is 2.18. The smallest absolute Gasteiger partial charge is 0.306 e. The summed E-state index contributed by atoms with van der Waals surface area (Å²) in [5.41, 5.74) is 1.11. The number of aromatic nitrogens is 1. The van der Waals surface area contributed by atoms with Gasteiger partial charge in [-0.15, -0.1) is 11.3 Å². The molecule has 1 unspecified atom stereocenters. The van der Waals surface area contributed by atoms with Gasteiger partial charge < -0.3 is 5.11 Å². The van der Waals surface area contributed by atoms with E-state index in [9.17, 15) is 4.79 Å². The molecule has 94 valence electrons. The Bertz CT molecular complexity index is 424. The van der Waals surface area contributed by atoms with Crippen molar-refractivity contribution in [2.75, 3.05) is 13.1 Å². The topological polar surface area (TPSA) is 53.4 Å². The second kappa shape index (κ2) is 4.74. The molecule has 1 aliphatic heterocycles. The normalized spacial score (nSPS) is 19.0. The highest BCUT2D eigenvalue weighted by atomic mass is 32.1. The van der Waals surface area contributed by atoms with Crippen LogP contribution in [0.4, 0.5) is 0 Å². The Morgan fingerprint density at radius 2 is 2.24 bits per heavy atom. The predicted octanol–water partition coefficient (Wildman–Crippen LogP) is 1.91. The number of rotatable bonds is 4. The Kier molecular flexibility index (Phi) is 3.49. The van der Waals surface area contributed by atoms with E-state index in [0.29, 0.717) is 5.92 Å². The number of carbonyl (C=O) groups is 1. The van der Waals surface area contributed by atoms with E-state index in [1.165, 1.54) is 4.88 Å². The van der Waals surface area contributed by atoms with Crippen LogP contribution in [0.2, 0.25) is 0 Å². The maximum absolute atomic E-state index is 10.8. The first-order valence-corrected chi connectivity index (χ1v) is 6.67. The average molecular weight is 254 g/mol. The number of nitrogens with zero attached hydrogens (tertiary/aromatic N) is 2. The van der Waals surface area contributed by atoms with E-state index in [1.807, 2.05) is 13.8 Å². The van der Waals surface area contributed by atoms with Gasteiger partial charge in [-0.05, 0) is 19.8 Å². The minimum Gasteiger partial charge on any atom is -0.481 e. The summed E-state index contributed by atoms with van der Waals surface area (Å²) < 4.78 is 0. The Morgan fingerprint density at radius 1 is 1.59 bits per heavy atom. The molecule has 1 aliphatic rings. The molecule has 17 heavy (non-hydrogen) atoms. The fourth-order valence-corrected chi connectivity index (χ4v) is 3.16. The predicted molar refractivity (Wildman–Crippen MR) is 67.2 cm³/mol. The SMILES string of the molecule is Cc1nc(C)c(CN2CC(C(C)C(=O)O)C2)s1. The zero-order chi connectivity index (χ0) is 12.6. The molecular weight excluding hydrogens is 236 g/mol. The highest BCUT2D eigenvalue weighted by Crippen LogP contribution is 2.28. The summed E-state index contributed by atoms with van der Waals surface area (Å²) in [6, 6.07) is 0. The number of carboxylic acids is 1. The number of aryl methyl sites for hydroxylation is 2. The molecule has 0 amide bonds. The molecule has 2 heterocycles. The van der Waals surface area contributed by atoms with Crippen molar-refractivity contribution in [3.8, 4) is 0 Å². The van der Waals surface area contributed by atoms with Crippen molar-refractivity contribution in [3.63, 3.8) is 0 Å². The van der Waals surface area contributed by atoms with E-state index in [2.05, 4.69) is 9.88 Å². The van der Waals surface area contributed by atoms with Crippen molar-refractivity contribution in [3.05, 3.63) is 15.6 Å². The lowest BCUT2D eigenvalue weighted by Crippen LogP contribution is -2.50. The molecule has 1 aromatic rings. The molecule has 4 nitrogen and oxygen atoms in total. The number of thiazole rings is 1. The van der Waals surface area contributed by atoms with Crippen molar-refractivity contribution in [1.82, 2.24) is 9.88 Å². The minimum absolute atomic E-state index is 0.226. The van der Waals surface area contributed by atoms with Gasteiger partial charge in [0.2, 0.25) is 0 Å². The van der Waals surface area contributed by atoms with Crippen LogP contribution in [0.25, 0.3) is 0 Å². The second-order valence-corrected chi connectivity index (χ2v) is 6.11. The van der Waals surface area contributed by atoms with Crippen molar-refractivity contribution >= 4 is 17.3 Å². The monoisotopic (exact) mass is 254 g/mol. The zero-order valence-corrected chi connectivity index (χ0v) is 11.3. The zero-order valence-electron chi connectivity index (χ0n) is 10.4. The molecule has 1 fully saturated rings. The molecule has 0 bridgehead atoms. The quantitative estimate of drug-likeness (QED) is 0.892. The van der Waals surface area contributed by atoms with Gasteiger partial charge in [0.05, 0.1) is 16.6 Å². The van der Waals surface area contributed by atoms with Gasteiger partial charge in [-0.2, -0.15) is 0 Å². The molecule has 0 spiro atoms. The van der Waals surface area contributed by atoms with Gasteiger partial charge in [0.25, 0.3) is 0 Å². The molecule has 2 rings (SSSR count). The number of aliphatic carboxylic acids is 1. The van der Waals surface area contributed by atoms with E-state index in [-0.39, 0.29) is 5.92 Å². The molecule has 0 aromatic carbocycles. The molecule has 0 radical (unpaired) electrons. The van der Waals surface area contributed by atoms with Crippen molar-refractivity contribution in [2.45, 2.75) is 27.3 Å². The van der Waals surface area contributed by atoms with E-state index < -0.39 is 5.97 Å².